The zero-order chi connectivity index (χ0) is 17.3. The van der Waals surface area contributed by atoms with Crippen LogP contribution in [0.4, 0.5) is 0 Å². The van der Waals surface area contributed by atoms with Crippen molar-refractivity contribution in [3.63, 3.8) is 0 Å². The fourth-order valence-electron chi connectivity index (χ4n) is 2.84. The molecular weight excluding hydrogens is 302 g/mol. The largest absolute Gasteiger partial charge is 0.507 e. The number of aromatic nitrogens is 2. The molecule has 1 amide bonds. The maximum absolute atomic E-state index is 12.3. The van der Waals surface area contributed by atoms with E-state index in [2.05, 4.69) is 14.9 Å². The SMILES string of the molecule is Cc1ccc(C(=O)NCCn2c(C)nc3ccccc32)c(O)c1C. The smallest absolute Gasteiger partial charge is 0.255 e. The number of amides is 1. The summed E-state index contributed by atoms with van der Waals surface area (Å²) in [5, 5.41) is 13.0. The van der Waals surface area contributed by atoms with Crippen LogP contribution >= 0.6 is 0 Å². The monoisotopic (exact) mass is 323 g/mol. The molecule has 1 heterocycles. The van der Waals surface area contributed by atoms with Crippen LogP contribution in [-0.2, 0) is 6.54 Å². The summed E-state index contributed by atoms with van der Waals surface area (Å²) in [6.45, 7) is 6.76. The van der Waals surface area contributed by atoms with Crippen molar-refractivity contribution in [1.29, 1.82) is 0 Å². The highest BCUT2D eigenvalue weighted by Gasteiger charge is 2.14. The van der Waals surface area contributed by atoms with Crippen molar-refractivity contribution < 1.29 is 9.90 Å². The van der Waals surface area contributed by atoms with Crippen molar-refractivity contribution in [2.75, 3.05) is 6.54 Å². The van der Waals surface area contributed by atoms with Gasteiger partial charge in [0.25, 0.3) is 5.91 Å². The minimum atomic E-state index is -0.266. The first-order chi connectivity index (χ1) is 11.5. The van der Waals surface area contributed by atoms with Gasteiger partial charge in [0, 0.05) is 13.1 Å². The van der Waals surface area contributed by atoms with Gasteiger partial charge in [-0.15, -0.1) is 0 Å². The van der Waals surface area contributed by atoms with Crippen LogP contribution in [-0.4, -0.2) is 27.1 Å². The Morgan fingerprint density at radius 3 is 2.71 bits per heavy atom. The van der Waals surface area contributed by atoms with Crippen LogP contribution in [0.15, 0.2) is 36.4 Å². The average molecular weight is 323 g/mol. The zero-order valence-corrected chi connectivity index (χ0v) is 14.1. The van der Waals surface area contributed by atoms with E-state index in [1.165, 1.54) is 0 Å². The van der Waals surface area contributed by atoms with E-state index < -0.39 is 0 Å². The van der Waals surface area contributed by atoms with E-state index in [-0.39, 0.29) is 11.7 Å². The zero-order valence-electron chi connectivity index (χ0n) is 14.1. The topological polar surface area (TPSA) is 67.2 Å². The molecule has 0 spiro atoms. The number of nitrogens with zero attached hydrogens (tertiary/aromatic N) is 2. The highest BCUT2D eigenvalue weighted by molar-refractivity contribution is 5.97. The number of phenolic OH excluding ortho intramolecular Hbond substituents is 1. The molecule has 0 bridgehead atoms. The Labute approximate surface area is 141 Å². The number of nitrogens with one attached hydrogen (secondary N) is 1. The Balaban J connectivity index is 1.71. The van der Waals surface area contributed by atoms with Gasteiger partial charge in [-0.1, -0.05) is 18.2 Å². The number of fused-ring (bicyclic) bond motifs is 1. The lowest BCUT2D eigenvalue weighted by atomic mass is 10.0. The van der Waals surface area contributed by atoms with Gasteiger partial charge in [0.05, 0.1) is 16.6 Å². The van der Waals surface area contributed by atoms with Crippen LogP contribution in [0.3, 0.4) is 0 Å². The Hall–Kier alpha value is -2.82. The van der Waals surface area contributed by atoms with Gasteiger partial charge >= 0.3 is 0 Å². The third-order valence-electron chi connectivity index (χ3n) is 4.41. The molecule has 5 nitrogen and oxygen atoms in total. The van der Waals surface area contributed by atoms with E-state index in [9.17, 15) is 9.90 Å². The maximum atomic E-state index is 12.3. The van der Waals surface area contributed by atoms with Crippen molar-refractivity contribution >= 4 is 16.9 Å². The number of hydrogen-bond donors (Lipinski definition) is 2. The molecule has 5 heteroatoms. The van der Waals surface area contributed by atoms with Gasteiger partial charge in [0.15, 0.2) is 0 Å². The van der Waals surface area contributed by atoms with Gasteiger partial charge in [-0.05, 0) is 50.1 Å². The highest BCUT2D eigenvalue weighted by atomic mass is 16.3. The van der Waals surface area contributed by atoms with E-state index in [0.29, 0.717) is 18.7 Å². The van der Waals surface area contributed by atoms with Crippen LogP contribution in [0.2, 0.25) is 0 Å². The molecule has 3 aromatic rings. The van der Waals surface area contributed by atoms with Crippen LogP contribution in [0.25, 0.3) is 11.0 Å². The number of aromatic hydroxyl groups is 1. The van der Waals surface area contributed by atoms with Crippen LogP contribution in [0, 0.1) is 20.8 Å². The second-order valence-electron chi connectivity index (χ2n) is 5.96. The number of hydrogen-bond acceptors (Lipinski definition) is 3. The number of rotatable bonds is 4. The molecule has 24 heavy (non-hydrogen) atoms. The molecule has 0 saturated carbocycles. The van der Waals surface area contributed by atoms with Gasteiger partial charge in [-0.25, -0.2) is 4.98 Å². The summed E-state index contributed by atoms with van der Waals surface area (Å²) in [6.07, 6.45) is 0. The number of carbonyl (C=O) groups is 1. The lowest BCUT2D eigenvalue weighted by Gasteiger charge is -2.11. The Morgan fingerprint density at radius 1 is 1.17 bits per heavy atom. The molecular formula is C19H21N3O2. The van der Waals surface area contributed by atoms with Gasteiger partial charge in [0.1, 0.15) is 11.6 Å². The molecule has 0 aliphatic rings. The van der Waals surface area contributed by atoms with E-state index in [1.807, 2.05) is 51.1 Å². The molecule has 0 radical (unpaired) electrons. The molecule has 0 saturated heterocycles. The summed E-state index contributed by atoms with van der Waals surface area (Å²) < 4.78 is 2.08. The fraction of sp³-hybridized carbons (Fsp3) is 0.263. The maximum Gasteiger partial charge on any atom is 0.255 e. The molecule has 0 aliphatic heterocycles. The van der Waals surface area contributed by atoms with E-state index in [1.54, 1.807) is 6.07 Å². The number of imidazole rings is 1. The first-order valence-corrected chi connectivity index (χ1v) is 7.98. The highest BCUT2D eigenvalue weighted by Crippen LogP contribution is 2.24. The molecule has 124 valence electrons. The van der Waals surface area contributed by atoms with Crippen molar-refractivity contribution in [3.05, 3.63) is 58.9 Å². The quantitative estimate of drug-likeness (QED) is 0.775. The second-order valence-corrected chi connectivity index (χ2v) is 5.96. The van der Waals surface area contributed by atoms with Crippen LogP contribution in [0.1, 0.15) is 27.3 Å². The van der Waals surface area contributed by atoms with Gasteiger partial charge in [0.2, 0.25) is 0 Å². The second kappa shape index (κ2) is 6.35. The summed E-state index contributed by atoms with van der Waals surface area (Å²) in [6, 6.07) is 11.4. The molecule has 2 N–H and O–H groups in total. The Morgan fingerprint density at radius 2 is 1.92 bits per heavy atom. The van der Waals surface area contributed by atoms with E-state index >= 15 is 0 Å². The summed E-state index contributed by atoms with van der Waals surface area (Å²) in [5.74, 6) is 0.703. The average Bonchev–Trinajstić information content (AvgIpc) is 2.88. The molecule has 3 rings (SSSR count). The number of para-hydroxylation sites is 2. The third-order valence-corrected chi connectivity index (χ3v) is 4.41. The number of carbonyl (C=O) groups excluding carboxylic acids is 1. The minimum Gasteiger partial charge on any atom is -0.507 e. The van der Waals surface area contributed by atoms with E-state index in [0.717, 1.165) is 28.0 Å². The number of phenols is 1. The lowest BCUT2D eigenvalue weighted by molar-refractivity contribution is 0.0949. The Kier molecular flexibility index (Phi) is 4.25. The first-order valence-electron chi connectivity index (χ1n) is 7.98. The van der Waals surface area contributed by atoms with Crippen molar-refractivity contribution in [3.8, 4) is 5.75 Å². The molecule has 0 atom stereocenters. The van der Waals surface area contributed by atoms with Crippen molar-refractivity contribution in [2.24, 2.45) is 0 Å². The molecule has 2 aromatic carbocycles. The first kappa shape index (κ1) is 16.1. The summed E-state index contributed by atoms with van der Waals surface area (Å²) in [7, 11) is 0. The summed E-state index contributed by atoms with van der Waals surface area (Å²) >= 11 is 0. The van der Waals surface area contributed by atoms with Crippen molar-refractivity contribution in [2.45, 2.75) is 27.3 Å². The number of benzene rings is 2. The van der Waals surface area contributed by atoms with Crippen molar-refractivity contribution in [1.82, 2.24) is 14.9 Å². The standard InChI is InChI=1S/C19H21N3O2/c1-12-8-9-15(18(23)13(12)2)19(24)20-10-11-22-14(3)21-16-6-4-5-7-17(16)22/h4-9,23H,10-11H2,1-3H3,(H,20,24). The molecule has 0 unspecified atom stereocenters. The normalized spacial score (nSPS) is 11.0. The van der Waals surface area contributed by atoms with E-state index in [4.69, 9.17) is 0 Å². The van der Waals surface area contributed by atoms with Crippen LogP contribution in [0.5, 0.6) is 5.75 Å². The summed E-state index contributed by atoms with van der Waals surface area (Å²) in [5.41, 5.74) is 4.01. The van der Waals surface area contributed by atoms with Gasteiger partial charge in [-0.2, -0.15) is 0 Å². The molecule has 0 aliphatic carbocycles. The summed E-state index contributed by atoms with van der Waals surface area (Å²) in [4.78, 5) is 16.8. The fourth-order valence-corrected chi connectivity index (χ4v) is 2.84. The predicted octanol–water partition coefficient (Wildman–Crippen LogP) is 3.10. The Bertz CT molecular complexity index is 912. The predicted molar refractivity (Wildman–Crippen MR) is 94.4 cm³/mol. The van der Waals surface area contributed by atoms with Gasteiger partial charge < -0.3 is 15.0 Å². The lowest BCUT2D eigenvalue weighted by Crippen LogP contribution is -2.27. The third kappa shape index (κ3) is 2.85. The minimum absolute atomic E-state index is 0.0526. The number of aryl methyl sites for hydroxylation is 2. The van der Waals surface area contributed by atoms with Crippen LogP contribution < -0.4 is 5.32 Å². The molecule has 1 aromatic heterocycles. The van der Waals surface area contributed by atoms with Gasteiger partial charge in [-0.3, -0.25) is 4.79 Å². The molecule has 0 fully saturated rings.